The number of aliphatic hydroxyl groups excluding tert-OH is 7. The maximum absolute atomic E-state index is 13.0. The molecule has 0 aromatic carbocycles. The van der Waals surface area contributed by atoms with Gasteiger partial charge in [-0.1, -0.05) is 107 Å². The molecule has 11 nitrogen and oxygen atoms in total. The van der Waals surface area contributed by atoms with Gasteiger partial charge in [-0.25, -0.2) is 0 Å². The van der Waals surface area contributed by atoms with Crippen molar-refractivity contribution in [2.45, 2.75) is 197 Å². The summed E-state index contributed by atoms with van der Waals surface area (Å²) in [4.78, 5) is 13.0. The van der Waals surface area contributed by atoms with E-state index in [1.54, 1.807) is 0 Å². The molecule has 0 aliphatic carbocycles. The van der Waals surface area contributed by atoms with Crippen molar-refractivity contribution in [2.24, 2.45) is 0 Å². The number of nitrogens with one attached hydrogen (secondary N) is 1. The van der Waals surface area contributed by atoms with Crippen LogP contribution >= 0.6 is 0 Å². The standard InChI is InChI=1S/C42H75NO10/c1-3-5-7-9-11-13-14-15-16-17-18-19-20-22-23-25-27-29-34(45)37(47)33(32-52-42-40(50)39(49)38(48)36(31-44)53-42)43-41(51)35(46)30-28-26-24-21-12-10-8-6-4-2/h10,12-14,17-18,22-23,33-40,42,44-50H,3-9,11,15-16,19-21,24-32H2,1-2H3,(H,43,51)/b12-10-,14-13+,18-17+,23-22+. The SMILES string of the molecule is CCCC/C=C\CCCCCC(O)C(=O)NC(COC1OC(CO)C(O)C(O)C1O)C(O)C(O)CCC/C=C/CC/C=C/CC/C=C/CCCCCC. The molecule has 1 saturated heterocycles. The van der Waals surface area contributed by atoms with Crippen LogP contribution in [0.15, 0.2) is 48.6 Å². The first-order chi connectivity index (χ1) is 25.7. The van der Waals surface area contributed by atoms with Crippen LogP contribution in [0.2, 0.25) is 0 Å². The molecule has 9 unspecified atom stereocenters. The summed E-state index contributed by atoms with van der Waals surface area (Å²) in [6.07, 6.45) is 24.7. The van der Waals surface area contributed by atoms with Gasteiger partial charge < -0.3 is 50.5 Å². The molecule has 1 aliphatic heterocycles. The molecule has 308 valence electrons. The van der Waals surface area contributed by atoms with Crippen molar-refractivity contribution in [1.29, 1.82) is 0 Å². The molecule has 0 radical (unpaired) electrons. The van der Waals surface area contributed by atoms with E-state index in [2.05, 4.69) is 67.8 Å². The summed E-state index contributed by atoms with van der Waals surface area (Å²) >= 11 is 0. The van der Waals surface area contributed by atoms with Crippen molar-refractivity contribution in [3.8, 4) is 0 Å². The Kier molecular flexibility index (Phi) is 29.9. The first-order valence-electron chi connectivity index (χ1n) is 20.5. The van der Waals surface area contributed by atoms with Gasteiger partial charge >= 0.3 is 0 Å². The zero-order valence-corrected chi connectivity index (χ0v) is 32.7. The number of hydrogen-bond acceptors (Lipinski definition) is 10. The summed E-state index contributed by atoms with van der Waals surface area (Å²) in [5, 5.41) is 75.2. The number of allylic oxidation sites excluding steroid dienone is 8. The third-order valence-electron chi connectivity index (χ3n) is 9.56. The van der Waals surface area contributed by atoms with E-state index in [1.165, 1.54) is 38.5 Å². The van der Waals surface area contributed by atoms with E-state index in [0.717, 1.165) is 57.8 Å². The van der Waals surface area contributed by atoms with E-state index >= 15 is 0 Å². The molecule has 9 atom stereocenters. The van der Waals surface area contributed by atoms with E-state index < -0.39 is 74.2 Å². The number of ether oxygens (including phenoxy) is 2. The lowest BCUT2D eigenvalue weighted by molar-refractivity contribution is -0.303. The lowest BCUT2D eigenvalue weighted by Crippen LogP contribution is -2.60. The smallest absolute Gasteiger partial charge is 0.249 e. The normalized spacial score (nSPS) is 23.4. The number of rotatable bonds is 32. The largest absolute Gasteiger partial charge is 0.394 e. The van der Waals surface area contributed by atoms with E-state index in [0.29, 0.717) is 19.3 Å². The summed E-state index contributed by atoms with van der Waals surface area (Å²) in [5.41, 5.74) is 0. The van der Waals surface area contributed by atoms with Gasteiger partial charge in [0, 0.05) is 0 Å². The number of amides is 1. The van der Waals surface area contributed by atoms with Crippen LogP contribution < -0.4 is 5.32 Å². The summed E-state index contributed by atoms with van der Waals surface area (Å²) in [6, 6.07) is -1.20. The first-order valence-corrected chi connectivity index (χ1v) is 20.5. The predicted molar refractivity (Wildman–Crippen MR) is 210 cm³/mol. The predicted octanol–water partition coefficient (Wildman–Crippen LogP) is 5.44. The number of hydrogen-bond donors (Lipinski definition) is 8. The molecule has 0 spiro atoms. The van der Waals surface area contributed by atoms with Crippen LogP contribution in [-0.2, 0) is 14.3 Å². The van der Waals surface area contributed by atoms with Gasteiger partial charge in [-0.3, -0.25) is 4.79 Å². The quantitative estimate of drug-likeness (QED) is 0.0325. The maximum atomic E-state index is 13.0. The van der Waals surface area contributed by atoms with Crippen molar-refractivity contribution >= 4 is 5.91 Å². The maximum Gasteiger partial charge on any atom is 0.249 e. The average molecular weight is 754 g/mol. The van der Waals surface area contributed by atoms with Crippen LogP contribution in [0, 0.1) is 0 Å². The third kappa shape index (κ3) is 22.9. The fraction of sp³-hybridized carbons (Fsp3) is 0.786. The molecule has 0 saturated carbocycles. The summed E-state index contributed by atoms with van der Waals surface area (Å²) in [6.45, 7) is 3.29. The lowest BCUT2D eigenvalue weighted by atomic mass is 9.98. The Morgan fingerprint density at radius 3 is 1.70 bits per heavy atom. The Bertz CT molecular complexity index is 1000. The van der Waals surface area contributed by atoms with Gasteiger partial charge in [0.2, 0.25) is 5.91 Å². The number of aliphatic hydroxyl groups is 7. The van der Waals surface area contributed by atoms with Crippen LogP contribution in [-0.4, -0.2) is 110 Å². The molecule has 1 heterocycles. The molecule has 0 bridgehead atoms. The molecule has 1 rings (SSSR count). The Hall–Kier alpha value is -1.93. The van der Waals surface area contributed by atoms with Crippen LogP contribution in [0.3, 0.4) is 0 Å². The van der Waals surface area contributed by atoms with Crippen LogP contribution in [0.25, 0.3) is 0 Å². The molecule has 0 aromatic rings. The van der Waals surface area contributed by atoms with Crippen molar-refractivity contribution in [1.82, 2.24) is 5.32 Å². The molecule has 11 heteroatoms. The second-order valence-electron chi connectivity index (χ2n) is 14.3. The summed E-state index contributed by atoms with van der Waals surface area (Å²) in [7, 11) is 0. The van der Waals surface area contributed by atoms with E-state index in [-0.39, 0.29) is 12.8 Å². The zero-order chi connectivity index (χ0) is 39.1. The number of unbranched alkanes of at least 4 members (excludes halogenated alkanes) is 12. The van der Waals surface area contributed by atoms with Crippen molar-refractivity contribution < 1.29 is 50.0 Å². The van der Waals surface area contributed by atoms with Gasteiger partial charge in [0.25, 0.3) is 0 Å². The van der Waals surface area contributed by atoms with Gasteiger partial charge in [-0.2, -0.15) is 0 Å². The van der Waals surface area contributed by atoms with Gasteiger partial charge in [-0.05, 0) is 83.5 Å². The monoisotopic (exact) mass is 754 g/mol. The molecule has 1 aliphatic rings. The number of carbonyl (C=O) groups excluding carboxylic acids is 1. The van der Waals surface area contributed by atoms with Gasteiger partial charge in [0.15, 0.2) is 6.29 Å². The Morgan fingerprint density at radius 1 is 0.642 bits per heavy atom. The van der Waals surface area contributed by atoms with E-state index in [9.17, 15) is 40.5 Å². The molecule has 0 aromatic heterocycles. The van der Waals surface area contributed by atoms with Crippen molar-refractivity contribution in [3.05, 3.63) is 48.6 Å². The van der Waals surface area contributed by atoms with Gasteiger partial charge in [0.05, 0.1) is 25.4 Å². The minimum atomic E-state index is -1.67. The minimum Gasteiger partial charge on any atom is -0.394 e. The van der Waals surface area contributed by atoms with E-state index in [4.69, 9.17) is 9.47 Å². The number of carbonyl (C=O) groups is 1. The highest BCUT2D eigenvalue weighted by atomic mass is 16.7. The molecule has 8 N–H and O–H groups in total. The molecule has 1 fully saturated rings. The topological polar surface area (TPSA) is 189 Å². The minimum absolute atomic E-state index is 0.225. The fourth-order valence-electron chi connectivity index (χ4n) is 6.04. The van der Waals surface area contributed by atoms with Gasteiger partial charge in [0.1, 0.15) is 36.6 Å². The average Bonchev–Trinajstić information content (AvgIpc) is 3.16. The lowest BCUT2D eigenvalue weighted by Gasteiger charge is -2.40. The second-order valence-corrected chi connectivity index (χ2v) is 14.3. The Balaban J connectivity index is 2.57. The highest BCUT2D eigenvalue weighted by Crippen LogP contribution is 2.23. The summed E-state index contributed by atoms with van der Waals surface area (Å²) < 4.78 is 11.0. The van der Waals surface area contributed by atoms with Crippen molar-refractivity contribution in [3.63, 3.8) is 0 Å². The second kappa shape index (κ2) is 32.3. The first kappa shape index (κ1) is 49.1. The van der Waals surface area contributed by atoms with E-state index in [1.807, 2.05) is 0 Å². The highest BCUT2D eigenvalue weighted by molar-refractivity contribution is 5.80. The highest BCUT2D eigenvalue weighted by Gasteiger charge is 2.44. The van der Waals surface area contributed by atoms with Gasteiger partial charge in [-0.15, -0.1) is 0 Å². The molecule has 53 heavy (non-hydrogen) atoms. The third-order valence-corrected chi connectivity index (χ3v) is 9.56. The fourth-order valence-corrected chi connectivity index (χ4v) is 6.04. The molecular formula is C42H75NO10. The van der Waals surface area contributed by atoms with Crippen LogP contribution in [0.4, 0.5) is 0 Å². The summed E-state index contributed by atoms with van der Waals surface area (Å²) in [5.74, 6) is -0.732. The van der Waals surface area contributed by atoms with Crippen molar-refractivity contribution in [2.75, 3.05) is 13.2 Å². The Morgan fingerprint density at radius 2 is 1.15 bits per heavy atom. The zero-order valence-electron chi connectivity index (χ0n) is 32.7. The molecular weight excluding hydrogens is 678 g/mol. The van der Waals surface area contributed by atoms with Crippen LogP contribution in [0.1, 0.15) is 142 Å². The molecule has 1 amide bonds. The van der Waals surface area contributed by atoms with Crippen LogP contribution in [0.5, 0.6) is 0 Å². The Labute approximate surface area is 319 Å².